The molecule has 0 unspecified atom stereocenters. The molecule has 0 spiro atoms. The molecule has 0 aromatic heterocycles. The van der Waals surface area contributed by atoms with Crippen LogP contribution in [0.5, 0.6) is 0 Å². The normalized spacial score (nSPS) is 15.9. The number of hydrogen-bond acceptors (Lipinski definition) is 4. The van der Waals surface area contributed by atoms with Crippen LogP contribution in [0.2, 0.25) is 0 Å². The summed E-state index contributed by atoms with van der Waals surface area (Å²) < 4.78 is 5.03. The van der Waals surface area contributed by atoms with Crippen molar-refractivity contribution in [1.82, 2.24) is 0 Å². The Hall–Kier alpha value is -0.130. The van der Waals surface area contributed by atoms with Crippen molar-refractivity contribution in [3.63, 3.8) is 0 Å². The molecule has 0 fully saturated rings. The second-order valence-electron chi connectivity index (χ2n) is 4.49. The lowest BCUT2D eigenvalue weighted by molar-refractivity contribution is -0.157. The average molecular weight is 283 g/mol. The minimum atomic E-state index is -0.854. The lowest BCUT2D eigenvalue weighted by Crippen LogP contribution is -2.28. The summed E-state index contributed by atoms with van der Waals surface area (Å²) in [5.74, 6) is -0.447. The Kier molecular flexibility index (Phi) is 6.40. The van der Waals surface area contributed by atoms with Gasteiger partial charge < -0.3 is 14.9 Å². The zero-order valence-corrected chi connectivity index (χ0v) is 11.0. The summed E-state index contributed by atoms with van der Waals surface area (Å²) in [6.45, 7) is 5.31. The molecule has 0 bridgehead atoms. The fourth-order valence-electron chi connectivity index (χ4n) is 1.04. The first-order valence-corrected chi connectivity index (χ1v) is 6.00. The molecule has 2 N–H and O–H groups in total. The summed E-state index contributed by atoms with van der Waals surface area (Å²) in [7, 11) is 0. The van der Waals surface area contributed by atoms with Crippen LogP contribution >= 0.6 is 15.9 Å². The monoisotopic (exact) mass is 282 g/mol. The number of aliphatic hydroxyl groups excluding tert-OH is 2. The van der Waals surface area contributed by atoms with Gasteiger partial charge in [0.05, 0.1) is 18.6 Å². The second kappa shape index (κ2) is 6.45. The predicted octanol–water partition coefficient (Wildman–Crippen LogP) is 1.23. The van der Waals surface area contributed by atoms with Gasteiger partial charge in [-0.2, -0.15) is 0 Å². The maximum atomic E-state index is 11.3. The molecule has 0 aliphatic heterocycles. The molecule has 4 nitrogen and oxygen atoms in total. The van der Waals surface area contributed by atoms with E-state index in [1.54, 1.807) is 20.8 Å². The Balaban J connectivity index is 3.87. The van der Waals surface area contributed by atoms with Crippen LogP contribution in [-0.2, 0) is 9.53 Å². The van der Waals surface area contributed by atoms with E-state index in [4.69, 9.17) is 4.74 Å². The number of ether oxygens (including phenoxy) is 1. The van der Waals surface area contributed by atoms with Gasteiger partial charge in [-0.3, -0.25) is 4.79 Å². The minimum Gasteiger partial charge on any atom is -0.460 e. The van der Waals surface area contributed by atoms with Crippen molar-refractivity contribution in [2.24, 2.45) is 0 Å². The average Bonchev–Trinajstić information content (AvgIpc) is 1.99. The molecule has 0 heterocycles. The molecule has 0 aliphatic rings. The molecule has 0 aromatic carbocycles. The van der Waals surface area contributed by atoms with E-state index in [0.717, 1.165) is 0 Å². The minimum absolute atomic E-state index is 0.0820. The molecular formula is C10H19BrO4. The van der Waals surface area contributed by atoms with E-state index in [1.807, 2.05) is 0 Å². The molecule has 5 heteroatoms. The molecule has 0 rings (SSSR count). The van der Waals surface area contributed by atoms with Crippen LogP contribution in [-0.4, -0.2) is 39.3 Å². The highest BCUT2D eigenvalue weighted by atomic mass is 79.9. The third-order valence-electron chi connectivity index (χ3n) is 1.54. The summed E-state index contributed by atoms with van der Waals surface area (Å²) in [6.07, 6.45) is -1.40. The molecule has 0 radical (unpaired) electrons. The van der Waals surface area contributed by atoms with E-state index in [1.165, 1.54) is 0 Å². The number of hydrogen-bond donors (Lipinski definition) is 2. The van der Waals surface area contributed by atoms with Gasteiger partial charge in [-0.25, -0.2) is 0 Å². The molecule has 0 saturated heterocycles. The Bertz CT molecular complexity index is 200. The van der Waals surface area contributed by atoms with Crippen LogP contribution < -0.4 is 0 Å². The van der Waals surface area contributed by atoms with Gasteiger partial charge in [0.15, 0.2) is 0 Å². The second-order valence-corrected chi connectivity index (χ2v) is 5.14. The number of carbonyl (C=O) groups excluding carboxylic acids is 1. The van der Waals surface area contributed by atoms with Gasteiger partial charge in [-0.05, 0) is 20.8 Å². The first-order valence-electron chi connectivity index (χ1n) is 4.88. The Morgan fingerprint density at radius 2 is 1.87 bits per heavy atom. The summed E-state index contributed by atoms with van der Waals surface area (Å²) in [5, 5.41) is 19.0. The molecule has 90 valence electrons. The van der Waals surface area contributed by atoms with Crippen molar-refractivity contribution >= 4 is 21.9 Å². The van der Waals surface area contributed by atoms with E-state index >= 15 is 0 Å². The van der Waals surface area contributed by atoms with Crippen LogP contribution in [0.4, 0.5) is 0 Å². The molecule has 0 amide bonds. The quantitative estimate of drug-likeness (QED) is 0.588. The predicted molar refractivity (Wildman–Crippen MR) is 60.9 cm³/mol. The van der Waals surface area contributed by atoms with Crippen LogP contribution in [0.3, 0.4) is 0 Å². The highest BCUT2D eigenvalue weighted by molar-refractivity contribution is 9.09. The largest absolute Gasteiger partial charge is 0.460 e. The van der Waals surface area contributed by atoms with Gasteiger partial charge in [0.25, 0.3) is 0 Å². The number of halogens is 1. The lowest BCUT2D eigenvalue weighted by Gasteiger charge is -2.21. The summed E-state index contributed by atoms with van der Waals surface area (Å²) in [5.41, 5.74) is -0.537. The summed E-state index contributed by atoms with van der Waals surface area (Å²) >= 11 is 3.08. The van der Waals surface area contributed by atoms with Gasteiger partial charge in [-0.15, -0.1) is 0 Å². The van der Waals surface area contributed by atoms with E-state index in [9.17, 15) is 15.0 Å². The number of aliphatic hydroxyl groups is 2. The standard InChI is InChI=1S/C10H19BrO4/c1-10(2,3)15-9(14)5-7(12)4-8(13)6-11/h7-8,12-13H,4-6H2,1-3H3/t7-,8+/m0/s1. The van der Waals surface area contributed by atoms with Crippen molar-refractivity contribution in [2.45, 2.75) is 51.4 Å². The summed E-state index contributed by atoms with van der Waals surface area (Å²) in [6, 6.07) is 0. The van der Waals surface area contributed by atoms with Crippen LogP contribution in [0.15, 0.2) is 0 Å². The van der Waals surface area contributed by atoms with Crippen molar-refractivity contribution in [3.05, 3.63) is 0 Å². The molecule has 0 saturated carbocycles. The zero-order valence-electron chi connectivity index (χ0n) is 9.36. The molecule has 0 aliphatic carbocycles. The number of alkyl halides is 1. The molecular weight excluding hydrogens is 264 g/mol. The van der Waals surface area contributed by atoms with Gasteiger partial charge in [0.2, 0.25) is 0 Å². The van der Waals surface area contributed by atoms with Crippen molar-refractivity contribution in [3.8, 4) is 0 Å². The van der Waals surface area contributed by atoms with Gasteiger partial charge in [0, 0.05) is 11.8 Å². The number of carbonyl (C=O) groups is 1. The van der Waals surface area contributed by atoms with Crippen LogP contribution in [0, 0.1) is 0 Å². The van der Waals surface area contributed by atoms with Crippen LogP contribution in [0.25, 0.3) is 0 Å². The third kappa shape index (κ3) is 8.84. The number of rotatable bonds is 5. The molecule has 0 aromatic rings. The van der Waals surface area contributed by atoms with E-state index in [0.29, 0.717) is 5.33 Å². The number of esters is 1. The fourth-order valence-corrected chi connectivity index (χ4v) is 1.30. The Labute approximate surface area is 98.8 Å². The van der Waals surface area contributed by atoms with Crippen LogP contribution in [0.1, 0.15) is 33.6 Å². The van der Waals surface area contributed by atoms with E-state index in [2.05, 4.69) is 15.9 Å². The highest BCUT2D eigenvalue weighted by Crippen LogP contribution is 2.11. The highest BCUT2D eigenvalue weighted by Gasteiger charge is 2.20. The van der Waals surface area contributed by atoms with Gasteiger partial charge in [0.1, 0.15) is 5.60 Å². The van der Waals surface area contributed by atoms with Gasteiger partial charge in [-0.1, -0.05) is 15.9 Å². The fraction of sp³-hybridized carbons (Fsp3) is 0.900. The van der Waals surface area contributed by atoms with Crippen molar-refractivity contribution in [1.29, 1.82) is 0 Å². The maximum absolute atomic E-state index is 11.3. The first-order chi connectivity index (χ1) is 6.74. The smallest absolute Gasteiger partial charge is 0.308 e. The third-order valence-corrected chi connectivity index (χ3v) is 2.29. The zero-order chi connectivity index (χ0) is 12.1. The SMILES string of the molecule is CC(C)(C)OC(=O)C[C@@H](O)C[C@@H](O)CBr. The van der Waals surface area contributed by atoms with Crippen molar-refractivity contribution < 1.29 is 19.7 Å². The van der Waals surface area contributed by atoms with E-state index in [-0.39, 0.29) is 12.8 Å². The summed E-state index contributed by atoms with van der Waals surface area (Å²) in [4.78, 5) is 11.3. The Morgan fingerprint density at radius 1 is 1.33 bits per heavy atom. The Morgan fingerprint density at radius 3 is 2.27 bits per heavy atom. The first kappa shape index (κ1) is 14.9. The molecule has 2 atom stereocenters. The van der Waals surface area contributed by atoms with Crippen molar-refractivity contribution in [2.75, 3.05) is 5.33 Å². The van der Waals surface area contributed by atoms with E-state index < -0.39 is 23.8 Å². The molecule has 15 heavy (non-hydrogen) atoms. The topological polar surface area (TPSA) is 66.8 Å². The van der Waals surface area contributed by atoms with Gasteiger partial charge >= 0.3 is 5.97 Å². The lowest BCUT2D eigenvalue weighted by atomic mass is 10.1. The maximum Gasteiger partial charge on any atom is 0.308 e.